The van der Waals surface area contributed by atoms with Gasteiger partial charge < -0.3 is 9.73 Å². The van der Waals surface area contributed by atoms with E-state index in [1.807, 2.05) is 0 Å². The van der Waals surface area contributed by atoms with Crippen molar-refractivity contribution in [3.05, 3.63) is 59.6 Å². The molecule has 24 heavy (non-hydrogen) atoms. The molecule has 124 valence electrons. The smallest absolute Gasteiger partial charge is 0.291 e. The van der Waals surface area contributed by atoms with Crippen molar-refractivity contribution in [2.24, 2.45) is 5.14 Å². The van der Waals surface area contributed by atoms with Crippen LogP contribution < -0.4 is 10.5 Å². The molecule has 0 fully saturated rings. The van der Waals surface area contributed by atoms with Crippen molar-refractivity contribution in [3.63, 3.8) is 0 Å². The fourth-order valence-electron chi connectivity index (χ4n) is 2.36. The van der Waals surface area contributed by atoms with Crippen LogP contribution in [0.3, 0.4) is 0 Å². The quantitative estimate of drug-likeness (QED) is 0.759. The number of furan rings is 1. The van der Waals surface area contributed by atoms with Crippen LogP contribution in [0.1, 0.15) is 16.1 Å². The minimum absolute atomic E-state index is 0.00145. The number of anilines is 1. The lowest BCUT2D eigenvalue weighted by Crippen LogP contribution is -2.15. The van der Waals surface area contributed by atoms with Gasteiger partial charge in [-0.25, -0.2) is 17.9 Å². The van der Waals surface area contributed by atoms with Gasteiger partial charge in [0.15, 0.2) is 17.2 Å². The van der Waals surface area contributed by atoms with E-state index in [-0.39, 0.29) is 21.9 Å². The lowest BCUT2D eigenvalue weighted by atomic mass is 10.1. The Kier molecular flexibility index (Phi) is 3.86. The molecule has 3 rings (SSSR count). The third-order valence-electron chi connectivity index (χ3n) is 3.54. The lowest BCUT2D eigenvalue weighted by Gasteiger charge is -2.05. The summed E-state index contributed by atoms with van der Waals surface area (Å²) in [6.45, 7) is 1.64. The summed E-state index contributed by atoms with van der Waals surface area (Å²) in [5.41, 5.74) is 0.717. The number of hydrogen-bond donors (Lipinski definition) is 2. The van der Waals surface area contributed by atoms with E-state index in [9.17, 15) is 17.6 Å². The van der Waals surface area contributed by atoms with Gasteiger partial charge in [0.05, 0.1) is 4.90 Å². The Morgan fingerprint density at radius 2 is 1.92 bits per heavy atom. The van der Waals surface area contributed by atoms with Crippen LogP contribution in [-0.2, 0) is 10.0 Å². The monoisotopic (exact) mass is 348 g/mol. The van der Waals surface area contributed by atoms with E-state index in [2.05, 4.69) is 5.32 Å². The molecule has 1 heterocycles. The molecule has 1 aromatic heterocycles. The van der Waals surface area contributed by atoms with Gasteiger partial charge in [-0.05, 0) is 31.2 Å². The largest absolute Gasteiger partial charge is 0.448 e. The highest BCUT2D eigenvalue weighted by Gasteiger charge is 2.20. The standard InChI is InChI=1S/C16H13FN2O4S/c1-9-12-6-3-7-13(17)15(12)23-14(9)16(20)19-10-4-2-5-11(8-10)24(18,21)22/h2-8H,1H3,(H,19,20)(H2,18,21,22). The minimum Gasteiger partial charge on any atom is -0.448 e. The van der Waals surface area contributed by atoms with E-state index < -0.39 is 21.7 Å². The van der Waals surface area contributed by atoms with Crippen molar-refractivity contribution >= 4 is 32.6 Å². The van der Waals surface area contributed by atoms with Gasteiger partial charge in [0.25, 0.3) is 5.91 Å². The Morgan fingerprint density at radius 3 is 2.58 bits per heavy atom. The average molecular weight is 348 g/mol. The number of nitrogens with one attached hydrogen (secondary N) is 1. The Labute approximate surface area is 137 Å². The summed E-state index contributed by atoms with van der Waals surface area (Å²) in [6.07, 6.45) is 0. The predicted octanol–water partition coefficient (Wildman–Crippen LogP) is 2.78. The molecule has 0 saturated heterocycles. The van der Waals surface area contributed by atoms with E-state index in [4.69, 9.17) is 9.56 Å². The number of nitrogens with two attached hydrogens (primary N) is 1. The van der Waals surface area contributed by atoms with Gasteiger partial charge in [-0.2, -0.15) is 0 Å². The number of halogens is 1. The molecule has 6 nitrogen and oxygen atoms in total. The van der Waals surface area contributed by atoms with Crippen molar-refractivity contribution in [3.8, 4) is 0 Å². The Bertz CT molecular complexity index is 1060. The summed E-state index contributed by atoms with van der Waals surface area (Å²) in [5, 5.41) is 8.07. The van der Waals surface area contributed by atoms with Crippen molar-refractivity contribution in [1.29, 1.82) is 0 Å². The third kappa shape index (κ3) is 2.89. The number of amides is 1. The molecular formula is C16H13FN2O4S. The van der Waals surface area contributed by atoms with Gasteiger partial charge in [0, 0.05) is 16.6 Å². The molecule has 0 atom stereocenters. The van der Waals surface area contributed by atoms with Gasteiger partial charge in [-0.1, -0.05) is 18.2 Å². The van der Waals surface area contributed by atoms with Crippen LogP contribution in [0.5, 0.6) is 0 Å². The highest BCUT2D eigenvalue weighted by Crippen LogP contribution is 2.28. The summed E-state index contributed by atoms with van der Waals surface area (Å²) >= 11 is 0. The first-order valence-electron chi connectivity index (χ1n) is 6.89. The lowest BCUT2D eigenvalue weighted by molar-refractivity contribution is 0.0997. The predicted molar refractivity (Wildman–Crippen MR) is 86.7 cm³/mol. The molecule has 3 N–H and O–H groups in total. The summed E-state index contributed by atoms with van der Waals surface area (Å²) in [5.74, 6) is -1.23. The molecule has 0 spiro atoms. The van der Waals surface area contributed by atoms with E-state index in [0.717, 1.165) is 0 Å². The first kappa shape index (κ1) is 16.2. The van der Waals surface area contributed by atoms with E-state index in [0.29, 0.717) is 10.9 Å². The Hall–Kier alpha value is -2.71. The van der Waals surface area contributed by atoms with Gasteiger partial charge in [-0.3, -0.25) is 4.79 Å². The molecule has 2 aromatic carbocycles. The second-order valence-electron chi connectivity index (χ2n) is 5.20. The first-order valence-corrected chi connectivity index (χ1v) is 8.44. The number of fused-ring (bicyclic) bond motifs is 1. The Balaban J connectivity index is 1.97. The highest BCUT2D eigenvalue weighted by molar-refractivity contribution is 7.89. The number of sulfonamides is 1. The number of rotatable bonds is 3. The number of carbonyl (C=O) groups excluding carboxylic acids is 1. The molecule has 3 aromatic rings. The van der Waals surface area contributed by atoms with Crippen LogP contribution in [0.15, 0.2) is 51.8 Å². The maximum atomic E-state index is 13.7. The fourth-order valence-corrected chi connectivity index (χ4v) is 2.92. The normalized spacial score (nSPS) is 11.6. The zero-order valence-electron chi connectivity index (χ0n) is 12.5. The van der Waals surface area contributed by atoms with Crippen molar-refractivity contribution < 1.29 is 22.0 Å². The minimum atomic E-state index is -3.88. The van der Waals surface area contributed by atoms with Crippen molar-refractivity contribution in [1.82, 2.24) is 0 Å². The molecule has 0 aliphatic heterocycles. The number of para-hydroxylation sites is 1. The average Bonchev–Trinajstić information content (AvgIpc) is 2.86. The summed E-state index contributed by atoms with van der Waals surface area (Å²) in [6, 6.07) is 9.90. The van der Waals surface area contributed by atoms with Crippen LogP contribution in [0.2, 0.25) is 0 Å². The highest BCUT2D eigenvalue weighted by atomic mass is 32.2. The van der Waals surface area contributed by atoms with E-state index in [1.54, 1.807) is 13.0 Å². The van der Waals surface area contributed by atoms with E-state index in [1.165, 1.54) is 36.4 Å². The summed E-state index contributed by atoms with van der Waals surface area (Å²) in [7, 11) is -3.88. The summed E-state index contributed by atoms with van der Waals surface area (Å²) < 4.78 is 41.8. The molecular weight excluding hydrogens is 335 g/mol. The summed E-state index contributed by atoms with van der Waals surface area (Å²) in [4.78, 5) is 12.2. The third-order valence-corrected chi connectivity index (χ3v) is 4.45. The van der Waals surface area contributed by atoms with Gasteiger partial charge in [0.2, 0.25) is 10.0 Å². The molecule has 0 bridgehead atoms. The number of carbonyl (C=O) groups is 1. The van der Waals surface area contributed by atoms with E-state index >= 15 is 0 Å². The SMILES string of the molecule is Cc1c(C(=O)Nc2cccc(S(N)(=O)=O)c2)oc2c(F)cccc12. The molecule has 0 aliphatic rings. The second kappa shape index (κ2) is 5.73. The molecule has 0 saturated carbocycles. The van der Waals surface area contributed by atoms with Crippen molar-refractivity contribution in [2.45, 2.75) is 11.8 Å². The molecule has 0 unspecified atom stereocenters. The number of hydrogen-bond acceptors (Lipinski definition) is 4. The van der Waals surface area contributed by atoms with Crippen LogP contribution in [0, 0.1) is 12.7 Å². The first-order chi connectivity index (χ1) is 11.3. The number of benzene rings is 2. The maximum absolute atomic E-state index is 13.7. The van der Waals surface area contributed by atoms with Gasteiger partial charge in [0.1, 0.15) is 0 Å². The molecule has 0 radical (unpaired) electrons. The van der Waals surface area contributed by atoms with Crippen LogP contribution in [-0.4, -0.2) is 14.3 Å². The maximum Gasteiger partial charge on any atom is 0.291 e. The molecule has 0 aliphatic carbocycles. The topological polar surface area (TPSA) is 102 Å². The zero-order chi connectivity index (χ0) is 17.5. The fraction of sp³-hybridized carbons (Fsp3) is 0.0625. The molecule has 1 amide bonds. The van der Waals surface area contributed by atoms with Gasteiger partial charge in [-0.15, -0.1) is 0 Å². The van der Waals surface area contributed by atoms with Crippen LogP contribution in [0.4, 0.5) is 10.1 Å². The number of primary sulfonamides is 1. The van der Waals surface area contributed by atoms with Crippen molar-refractivity contribution in [2.75, 3.05) is 5.32 Å². The van der Waals surface area contributed by atoms with Crippen LogP contribution in [0.25, 0.3) is 11.0 Å². The van der Waals surface area contributed by atoms with Crippen LogP contribution >= 0.6 is 0 Å². The second-order valence-corrected chi connectivity index (χ2v) is 6.76. The molecule has 8 heteroatoms. The number of aryl methyl sites for hydroxylation is 1. The van der Waals surface area contributed by atoms with Gasteiger partial charge >= 0.3 is 0 Å². The zero-order valence-corrected chi connectivity index (χ0v) is 13.4. The Morgan fingerprint density at radius 1 is 1.21 bits per heavy atom.